The van der Waals surface area contributed by atoms with Crippen molar-refractivity contribution in [3.63, 3.8) is 0 Å². The van der Waals surface area contributed by atoms with Crippen LogP contribution in [0.25, 0.3) is 0 Å². The number of rotatable bonds is 4. The Hall–Kier alpha value is -0.990. The van der Waals surface area contributed by atoms with E-state index in [9.17, 15) is 21.6 Å². The molecule has 1 aromatic rings. The van der Waals surface area contributed by atoms with Gasteiger partial charge in [-0.3, -0.25) is 0 Å². The van der Waals surface area contributed by atoms with Gasteiger partial charge in [0, 0.05) is 17.3 Å². The molecule has 0 aromatic heterocycles. The van der Waals surface area contributed by atoms with E-state index in [-0.39, 0.29) is 15.6 Å². The zero-order valence-corrected chi connectivity index (χ0v) is 11.5. The highest BCUT2D eigenvalue weighted by Gasteiger charge is 2.27. The third-order valence-corrected chi connectivity index (χ3v) is 4.20. The fraction of sp³-hybridized carbons (Fsp3) is 0.400. The van der Waals surface area contributed by atoms with Crippen molar-refractivity contribution in [2.24, 2.45) is 0 Å². The van der Waals surface area contributed by atoms with E-state index in [1.165, 1.54) is 0 Å². The summed E-state index contributed by atoms with van der Waals surface area (Å²) in [5.41, 5.74) is 6.23. The molecule has 0 fully saturated rings. The quantitative estimate of drug-likeness (QED) is 0.838. The van der Waals surface area contributed by atoms with Crippen molar-refractivity contribution in [2.45, 2.75) is 24.4 Å². The first kappa shape index (κ1) is 16.1. The Bertz CT molecular complexity index is 550. The van der Waals surface area contributed by atoms with Gasteiger partial charge >= 0.3 is 6.18 Å². The summed E-state index contributed by atoms with van der Waals surface area (Å²) in [4.78, 5) is -0.261. The minimum atomic E-state index is -4.42. The molecule has 1 rings (SSSR count). The van der Waals surface area contributed by atoms with E-state index in [1.54, 1.807) is 6.92 Å². The van der Waals surface area contributed by atoms with Gasteiger partial charge < -0.3 is 5.73 Å². The van der Waals surface area contributed by atoms with Gasteiger partial charge in [0.2, 0.25) is 10.0 Å². The number of sulfonamides is 1. The van der Waals surface area contributed by atoms with E-state index < -0.39 is 29.2 Å². The van der Waals surface area contributed by atoms with Gasteiger partial charge in [0.05, 0.1) is 11.3 Å². The van der Waals surface area contributed by atoms with Gasteiger partial charge in [-0.15, -0.1) is 0 Å². The van der Waals surface area contributed by atoms with Crippen molar-refractivity contribution in [1.82, 2.24) is 4.72 Å². The van der Waals surface area contributed by atoms with Crippen LogP contribution in [0.15, 0.2) is 17.0 Å². The number of hydrogen-bond acceptors (Lipinski definition) is 3. The maximum atomic E-state index is 11.9. The maximum Gasteiger partial charge on any atom is 0.390 e. The lowest BCUT2D eigenvalue weighted by atomic mass is 10.2. The molecule has 0 aliphatic heterocycles. The predicted octanol–water partition coefficient (Wildman–Crippen LogP) is 2.46. The molecule has 0 spiro atoms. The maximum absolute atomic E-state index is 11.9. The Morgan fingerprint density at radius 1 is 1.37 bits per heavy atom. The summed E-state index contributed by atoms with van der Waals surface area (Å²) in [6, 6.07) is 2.29. The lowest BCUT2D eigenvalue weighted by Gasteiger charge is -2.11. The predicted molar refractivity (Wildman–Crippen MR) is 66.5 cm³/mol. The molecule has 9 heteroatoms. The van der Waals surface area contributed by atoms with E-state index in [2.05, 4.69) is 0 Å². The summed E-state index contributed by atoms with van der Waals surface area (Å²) in [6.45, 7) is 0.863. The molecule has 3 N–H and O–H groups in total. The number of nitrogen functional groups attached to an aromatic ring is 1. The summed E-state index contributed by atoms with van der Waals surface area (Å²) < 4.78 is 61.1. The summed E-state index contributed by atoms with van der Waals surface area (Å²) in [5.74, 6) is 0. The van der Waals surface area contributed by atoms with Crippen molar-refractivity contribution in [2.75, 3.05) is 12.3 Å². The third-order valence-electron chi connectivity index (χ3n) is 2.37. The van der Waals surface area contributed by atoms with Crippen LogP contribution < -0.4 is 10.5 Å². The molecule has 19 heavy (non-hydrogen) atoms. The molecular weight excluding hydrogens is 305 g/mol. The molecule has 0 saturated heterocycles. The number of nitrogens with two attached hydrogens (primary N) is 1. The molecule has 0 heterocycles. The molecule has 4 nitrogen and oxygen atoms in total. The SMILES string of the molecule is Cc1c(N)cc(S(=O)(=O)NCCC(F)(F)F)cc1Cl. The summed E-state index contributed by atoms with van der Waals surface area (Å²) in [7, 11) is -4.06. The van der Waals surface area contributed by atoms with Crippen LogP contribution in [0.3, 0.4) is 0 Å². The van der Waals surface area contributed by atoms with Gasteiger partial charge in [0.15, 0.2) is 0 Å². The number of hydrogen-bond donors (Lipinski definition) is 2. The second kappa shape index (κ2) is 5.56. The van der Waals surface area contributed by atoms with E-state index in [0.29, 0.717) is 5.56 Å². The lowest BCUT2D eigenvalue weighted by Crippen LogP contribution is -2.28. The zero-order chi connectivity index (χ0) is 14.8. The fourth-order valence-corrected chi connectivity index (χ4v) is 2.62. The van der Waals surface area contributed by atoms with E-state index in [0.717, 1.165) is 12.1 Å². The van der Waals surface area contributed by atoms with E-state index in [1.807, 2.05) is 4.72 Å². The number of benzene rings is 1. The van der Waals surface area contributed by atoms with Crippen LogP contribution in [0.1, 0.15) is 12.0 Å². The first-order valence-electron chi connectivity index (χ1n) is 5.15. The standard InChI is InChI=1S/C10H12ClF3N2O2S/c1-6-8(11)4-7(5-9(6)15)19(17,18)16-3-2-10(12,13)14/h4-5,16H,2-3,15H2,1H3. The molecule has 0 aliphatic rings. The first-order chi connectivity index (χ1) is 8.53. The van der Waals surface area contributed by atoms with Gasteiger partial charge in [-0.1, -0.05) is 11.6 Å². The van der Waals surface area contributed by atoms with Crippen LogP contribution >= 0.6 is 11.6 Å². The van der Waals surface area contributed by atoms with Crippen LogP contribution in [-0.2, 0) is 10.0 Å². The lowest BCUT2D eigenvalue weighted by molar-refractivity contribution is -0.132. The van der Waals surface area contributed by atoms with E-state index >= 15 is 0 Å². The molecule has 0 atom stereocenters. The summed E-state index contributed by atoms with van der Waals surface area (Å²) in [5, 5.41) is 0.135. The van der Waals surface area contributed by atoms with Crippen LogP contribution in [0, 0.1) is 6.92 Å². The number of nitrogens with one attached hydrogen (secondary N) is 1. The molecule has 0 amide bonds. The molecule has 108 valence electrons. The molecule has 0 saturated carbocycles. The third kappa shape index (κ3) is 4.55. The fourth-order valence-electron chi connectivity index (χ4n) is 1.24. The Morgan fingerprint density at radius 2 is 1.95 bits per heavy atom. The van der Waals surface area contributed by atoms with Crippen LogP contribution in [0.5, 0.6) is 0 Å². The smallest absolute Gasteiger partial charge is 0.390 e. The van der Waals surface area contributed by atoms with Crippen LogP contribution in [-0.4, -0.2) is 21.1 Å². The Balaban J connectivity index is 2.90. The van der Waals surface area contributed by atoms with Crippen molar-refractivity contribution in [1.29, 1.82) is 0 Å². The minimum absolute atomic E-state index is 0.135. The van der Waals surface area contributed by atoms with Crippen molar-refractivity contribution in [3.8, 4) is 0 Å². The Kier molecular flexibility index (Phi) is 4.70. The average Bonchev–Trinajstić information content (AvgIpc) is 2.22. The van der Waals surface area contributed by atoms with Crippen LogP contribution in [0.4, 0.5) is 18.9 Å². The Labute approximate surface area is 113 Å². The van der Waals surface area contributed by atoms with E-state index in [4.69, 9.17) is 17.3 Å². The molecule has 0 unspecified atom stereocenters. The minimum Gasteiger partial charge on any atom is -0.398 e. The summed E-state index contributed by atoms with van der Waals surface area (Å²) >= 11 is 5.78. The summed E-state index contributed by atoms with van der Waals surface area (Å²) in [6.07, 6.45) is -5.67. The number of alkyl halides is 3. The van der Waals surface area contributed by atoms with Gasteiger partial charge in [-0.05, 0) is 24.6 Å². The van der Waals surface area contributed by atoms with Gasteiger partial charge in [0.1, 0.15) is 0 Å². The highest BCUT2D eigenvalue weighted by Crippen LogP contribution is 2.26. The molecule has 0 bridgehead atoms. The number of anilines is 1. The first-order valence-corrected chi connectivity index (χ1v) is 7.01. The van der Waals surface area contributed by atoms with Gasteiger partial charge in [0.25, 0.3) is 0 Å². The monoisotopic (exact) mass is 316 g/mol. The largest absolute Gasteiger partial charge is 0.398 e. The highest BCUT2D eigenvalue weighted by atomic mass is 35.5. The molecule has 1 aromatic carbocycles. The highest BCUT2D eigenvalue weighted by molar-refractivity contribution is 7.89. The van der Waals surface area contributed by atoms with Gasteiger partial charge in [-0.25, -0.2) is 13.1 Å². The molecular formula is C10H12ClF3N2O2S. The van der Waals surface area contributed by atoms with Gasteiger partial charge in [-0.2, -0.15) is 13.2 Å². The molecule has 0 aliphatic carbocycles. The topological polar surface area (TPSA) is 72.2 Å². The second-order valence-electron chi connectivity index (χ2n) is 3.88. The van der Waals surface area contributed by atoms with Crippen LogP contribution in [0.2, 0.25) is 5.02 Å². The van der Waals surface area contributed by atoms with Crippen molar-refractivity contribution >= 4 is 27.3 Å². The number of halogens is 4. The zero-order valence-electron chi connectivity index (χ0n) is 9.88. The normalized spacial score (nSPS) is 12.7. The van der Waals surface area contributed by atoms with Crippen molar-refractivity contribution in [3.05, 3.63) is 22.7 Å². The Morgan fingerprint density at radius 3 is 2.42 bits per heavy atom. The van der Waals surface area contributed by atoms with Crippen molar-refractivity contribution < 1.29 is 21.6 Å². The second-order valence-corrected chi connectivity index (χ2v) is 6.06. The molecule has 0 radical (unpaired) electrons. The average molecular weight is 317 g/mol.